The number of carbonyl (C=O) groups excluding carboxylic acids is 1. The Morgan fingerprint density at radius 2 is 2.32 bits per heavy atom. The van der Waals surface area contributed by atoms with Crippen LogP contribution in [-0.4, -0.2) is 47.3 Å². The molecule has 0 fully saturated rings. The van der Waals surface area contributed by atoms with Crippen molar-refractivity contribution in [2.24, 2.45) is 0 Å². The van der Waals surface area contributed by atoms with Gasteiger partial charge in [0.05, 0.1) is 12.8 Å². The molecule has 0 radical (unpaired) electrons. The Bertz CT molecular complexity index is 540. The lowest BCUT2D eigenvalue weighted by Crippen LogP contribution is -2.28. The Balaban J connectivity index is 1.79. The van der Waals surface area contributed by atoms with Gasteiger partial charge in [0.15, 0.2) is 5.82 Å². The van der Waals surface area contributed by atoms with Gasteiger partial charge in [-0.05, 0) is 6.07 Å². The highest BCUT2D eigenvalue weighted by Crippen LogP contribution is 2.11. The average molecular weight is 263 g/mol. The number of anilines is 1. The van der Waals surface area contributed by atoms with E-state index in [0.717, 1.165) is 11.3 Å². The standard InChI is InChI=1S/C12H17N5O2/c1-19-9-7-13-11(18)3-4-14-12-10-2-5-16-17(10)8-6-15-12/h2,5-6,8H,3-4,7,9H2,1H3,(H,13,18)(H,14,15). The van der Waals surface area contributed by atoms with Crippen LogP contribution in [-0.2, 0) is 9.53 Å². The van der Waals surface area contributed by atoms with E-state index in [1.54, 1.807) is 30.2 Å². The topological polar surface area (TPSA) is 80.5 Å². The van der Waals surface area contributed by atoms with E-state index in [2.05, 4.69) is 20.7 Å². The van der Waals surface area contributed by atoms with Crippen molar-refractivity contribution in [1.29, 1.82) is 0 Å². The number of hydrogen-bond donors (Lipinski definition) is 2. The van der Waals surface area contributed by atoms with E-state index >= 15 is 0 Å². The summed E-state index contributed by atoms with van der Waals surface area (Å²) < 4.78 is 6.59. The predicted molar refractivity (Wildman–Crippen MR) is 71.0 cm³/mol. The molecule has 2 heterocycles. The minimum absolute atomic E-state index is 0.00925. The smallest absolute Gasteiger partial charge is 0.221 e. The van der Waals surface area contributed by atoms with Crippen LogP contribution in [0.25, 0.3) is 5.52 Å². The van der Waals surface area contributed by atoms with Gasteiger partial charge >= 0.3 is 0 Å². The molecule has 2 aromatic heterocycles. The summed E-state index contributed by atoms with van der Waals surface area (Å²) in [5.74, 6) is 0.717. The van der Waals surface area contributed by atoms with Crippen LogP contribution >= 0.6 is 0 Å². The van der Waals surface area contributed by atoms with Crippen LogP contribution in [0.2, 0.25) is 0 Å². The molecule has 0 aliphatic carbocycles. The number of amides is 1. The first-order valence-corrected chi connectivity index (χ1v) is 6.09. The molecule has 2 rings (SSSR count). The highest BCUT2D eigenvalue weighted by molar-refractivity contribution is 5.76. The van der Waals surface area contributed by atoms with Crippen molar-refractivity contribution in [2.75, 3.05) is 32.1 Å². The van der Waals surface area contributed by atoms with Gasteiger partial charge in [-0.25, -0.2) is 9.50 Å². The third-order valence-corrected chi connectivity index (χ3v) is 2.60. The maximum atomic E-state index is 11.5. The first kappa shape index (κ1) is 13.3. The first-order chi connectivity index (χ1) is 9.31. The molecule has 0 bridgehead atoms. The minimum atomic E-state index is -0.00925. The number of nitrogens with zero attached hydrogens (tertiary/aromatic N) is 3. The Labute approximate surface area is 111 Å². The fraction of sp³-hybridized carbons (Fsp3) is 0.417. The average Bonchev–Trinajstić information content (AvgIpc) is 2.88. The zero-order chi connectivity index (χ0) is 13.5. The molecule has 0 saturated carbocycles. The SMILES string of the molecule is COCCNC(=O)CCNc1nccn2nccc12. The van der Waals surface area contributed by atoms with E-state index in [9.17, 15) is 4.79 Å². The molecule has 2 N–H and O–H groups in total. The Morgan fingerprint density at radius 3 is 3.16 bits per heavy atom. The summed E-state index contributed by atoms with van der Waals surface area (Å²) in [6.07, 6.45) is 5.54. The zero-order valence-corrected chi connectivity index (χ0v) is 10.8. The van der Waals surface area contributed by atoms with Crippen molar-refractivity contribution in [3.63, 3.8) is 0 Å². The number of hydrogen-bond acceptors (Lipinski definition) is 5. The highest BCUT2D eigenvalue weighted by Gasteiger charge is 2.04. The van der Waals surface area contributed by atoms with Crippen LogP contribution in [0.1, 0.15) is 6.42 Å². The van der Waals surface area contributed by atoms with Crippen molar-refractivity contribution in [1.82, 2.24) is 19.9 Å². The molecule has 0 aliphatic rings. The quantitative estimate of drug-likeness (QED) is 0.702. The van der Waals surface area contributed by atoms with Gasteiger partial charge in [0.2, 0.25) is 5.91 Å². The van der Waals surface area contributed by atoms with Crippen LogP contribution in [0.4, 0.5) is 5.82 Å². The predicted octanol–water partition coefficient (Wildman–Crippen LogP) is 0.294. The monoisotopic (exact) mass is 263 g/mol. The van der Waals surface area contributed by atoms with E-state index in [1.807, 2.05) is 6.07 Å². The summed E-state index contributed by atoms with van der Waals surface area (Å²) in [5, 5.41) is 10.0. The molecule has 0 saturated heterocycles. The van der Waals surface area contributed by atoms with Crippen molar-refractivity contribution >= 4 is 17.2 Å². The van der Waals surface area contributed by atoms with Crippen molar-refractivity contribution in [3.8, 4) is 0 Å². The fourth-order valence-electron chi connectivity index (χ4n) is 1.67. The van der Waals surface area contributed by atoms with E-state index < -0.39 is 0 Å². The molecule has 0 aromatic carbocycles. The van der Waals surface area contributed by atoms with Gasteiger partial charge in [-0.1, -0.05) is 0 Å². The van der Waals surface area contributed by atoms with Crippen LogP contribution < -0.4 is 10.6 Å². The largest absolute Gasteiger partial charge is 0.383 e. The van der Waals surface area contributed by atoms with Crippen LogP contribution in [0.5, 0.6) is 0 Å². The number of nitrogens with one attached hydrogen (secondary N) is 2. The fourth-order valence-corrected chi connectivity index (χ4v) is 1.67. The summed E-state index contributed by atoms with van der Waals surface area (Å²) in [7, 11) is 1.60. The third kappa shape index (κ3) is 3.65. The molecule has 0 unspecified atom stereocenters. The van der Waals surface area contributed by atoms with Gasteiger partial charge in [0, 0.05) is 39.0 Å². The summed E-state index contributed by atoms with van der Waals surface area (Å²) >= 11 is 0. The van der Waals surface area contributed by atoms with E-state index in [4.69, 9.17) is 4.74 Å². The van der Waals surface area contributed by atoms with Crippen LogP contribution in [0.3, 0.4) is 0 Å². The molecular formula is C12H17N5O2. The number of rotatable bonds is 7. The Morgan fingerprint density at radius 1 is 1.42 bits per heavy atom. The second-order valence-electron chi connectivity index (χ2n) is 3.96. The van der Waals surface area contributed by atoms with E-state index in [0.29, 0.717) is 26.1 Å². The lowest BCUT2D eigenvalue weighted by molar-refractivity contribution is -0.121. The molecule has 7 heteroatoms. The van der Waals surface area contributed by atoms with E-state index in [1.165, 1.54) is 0 Å². The Kier molecular flexibility index (Phi) is 4.68. The number of fused-ring (bicyclic) bond motifs is 1. The maximum Gasteiger partial charge on any atom is 0.221 e. The second-order valence-corrected chi connectivity index (χ2v) is 3.96. The van der Waals surface area contributed by atoms with Gasteiger partial charge in [0.1, 0.15) is 5.52 Å². The zero-order valence-electron chi connectivity index (χ0n) is 10.8. The minimum Gasteiger partial charge on any atom is -0.383 e. The highest BCUT2D eigenvalue weighted by atomic mass is 16.5. The number of methoxy groups -OCH3 is 1. The molecule has 0 atom stereocenters. The normalized spacial score (nSPS) is 10.6. The third-order valence-electron chi connectivity index (χ3n) is 2.60. The summed E-state index contributed by atoms with van der Waals surface area (Å²) in [4.78, 5) is 15.7. The number of ether oxygens (including phenoxy) is 1. The second kappa shape index (κ2) is 6.69. The maximum absolute atomic E-state index is 11.5. The lowest BCUT2D eigenvalue weighted by atomic mass is 10.3. The van der Waals surface area contributed by atoms with Gasteiger partial charge in [0.25, 0.3) is 0 Å². The Hall–Kier alpha value is -2.15. The summed E-state index contributed by atoms with van der Waals surface area (Å²) in [5.41, 5.74) is 0.891. The molecular weight excluding hydrogens is 246 g/mol. The van der Waals surface area contributed by atoms with Crippen molar-refractivity contribution in [3.05, 3.63) is 24.7 Å². The van der Waals surface area contributed by atoms with E-state index in [-0.39, 0.29) is 5.91 Å². The molecule has 0 aliphatic heterocycles. The van der Waals surface area contributed by atoms with Crippen LogP contribution in [0, 0.1) is 0 Å². The molecule has 19 heavy (non-hydrogen) atoms. The molecule has 1 amide bonds. The van der Waals surface area contributed by atoms with Crippen molar-refractivity contribution < 1.29 is 9.53 Å². The van der Waals surface area contributed by atoms with Crippen molar-refractivity contribution in [2.45, 2.75) is 6.42 Å². The van der Waals surface area contributed by atoms with Gasteiger partial charge in [-0.2, -0.15) is 5.10 Å². The summed E-state index contributed by atoms with van der Waals surface area (Å²) in [6.45, 7) is 1.58. The van der Waals surface area contributed by atoms with Crippen LogP contribution in [0.15, 0.2) is 24.7 Å². The first-order valence-electron chi connectivity index (χ1n) is 6.09. The lowest BCUT2D eigenvalue weighted by Gasteiger charge is -2.07. The number of aromatic nitrogens is 3. The van der Waals surface area contributed by atoms with Gasteiger partial charge < -0.3 is 15.4 Å². The molecule has 2 aromatic rings. The van der Waals surface area contributed by atoms with Gasteiger partial charge in [-0.3, -0.25) is 4.79 Å². The molecule has 102 valence electrons. The molecule has 7 nitrogen and oxygen atoms in total. The molecule has 0 spiro atoms. The summed E-state index contributed by atoms with van der Waals surface area (Å²) in [6, 6.07) is 1.87. The number of carbonyl (C=O) groups is 1. The van der Waals surface area contributed by atoms with Gasteiger partial charge in [-0.15, -0.1) is 0 Å².